The van der Waals surface area contributed by atoms with E-state index in [9.17, 15) is 45.1 Å². The number of carbonyl (C=O) groups is 3. The molecule has 9 nitrogen and oxygen atoms in total. The third-order valence-electron chi connectivity index (χ3n) is 10.8. The number of halogens is 7. The molecule has 1 saturated heterocycles. The molecule has 322 valence electrons. The Bertz CT molecular complexity index is 1990. The molecule has 0 spiro atoms. The molecule has 4 rings (SSSR count). The summed E-state index contributed by atoms with van der Waals surface area (Å²) in [6.07, 6.45) is -9.52. The molecule has 2 atom stereocenters. The molecular formula is C42H50F7N3O6Si. The van der Waals surface area contributed by atoms with Crippen LogP contribution in [0.2, 0.25) is 18.1 Å². The third kappa shape index (κ3) is 12.0. The third-order valence-corrected chi connectivity index (χ3v) is 15.2. The molecule has 0 bridgehead atoms. The Morgan fingerprint density at radius 1 is 0.932 bits per heavy atom. The highest BCUT2D eigenvalue weighted by Crippen LogP contribution is 2.43. The van der Waals surface area contributed by atoms with Gasteiger partial charge in [-0.1, -0.05) is 57.2 Å². The second kappa shape index (κ2) is 18.1. The maximum atomic E-state index is 14.5. The normalized spacial score (nSPS) is 17.9. The molecule has 0 radical (unpaired) electrons. The number of methoxy groups -OCH3 is 1. The Labute approximate surface area is 340 Å². The molecule has 3 aromatic carbocycles. The first-order valence-corrected chi connectivity index (χ1v) is 21.7. The van der Waals surface area contributed by atoms with Crippen molar-refractivity contribution in [1.82, 2.24) is 15.1 Å². The maximum absolute atomic E-state index is 14.5. The molecule has 3 aromatic rings. The fourth-order valence-electron chi connectivity index (χ4n) is 6.57. The van der Waals surface area contributed by atoms with Crippen LogP contribution < -0.4 is 5.32 Å². The quantitative estimate of drug-likeness (QED) is 0.0678. The van der Waals surface area contributed by atoms with Crippen LogP contribution in [0.3, 0.4) is 0 Å². The van der Waals surface area contributed by atoms with E-state index in [1.165, 1.54) is 43.3 Å². The highest BCUT2D eigenvalue weighted by molar-refractivity contribution is 6.74. The van der Waals surface area contributed by atoms with E-state index in [1.54, 1.807) is 37.3 Å². The van der Waals surface area contributed by atoms with Crippen LogP contribution in [0.1, 0.15) is 79.5 Å². The lowest BCUT2D eigenvalue weighted by Gasteiger charge is -2.48. The Balaban J connectivity index is 1.77. The van der Waals surface area contributed by atoms with Crippen molar-refractivity contribution in [2.45, 2.75) is 102 Å². The first kappa shape index (κ1) is 46.6. The SMILES string of the molecule is COC(=O)C(=CC[C@]1(NC(=O)OCc2ccccc2)CCN(C(=O)N(C)Cc2cc(C(F)(F)F)cc(C(F)(F)F)c2)[C@@H](c2ccc(F)cc2C)C1)O[Si](C)(C)C(C)(C)C. The second-order valence-corrected chi connectivity index (χ2v) is 21.0. The van der Waals surface area contributed by atoms with Gasteiger partial charge < -0.3 is 29.0 Å². The zero-order valence-electron chi connectivity index (χ0n) is 34.2. The van der Waals surface area contributed by atoms with E-state index >= 15 is 0 Å². The Morgan fingerprint density at radius 3 is 2.08 bits per heavy atom. The summed E-state index contributed by atoms with van der Waals surface area (Å²) in [5.74, 6) is -1.39. The molecule has 1 fully saturated rings. The van der Waals surface area contributed by atoms with Gasteiger partial charge in [-0.05, 0) is 103 Å². The number of urea groups is 1. The van der Waals surface area contributed by atoms with Crippen molar-refractivity contribution in [2.24, 2.45) is 0 Å². The molecule has 1 aliphatic rings. The smallest absolute Gasteiger partial charge is 0.416 e. The van der Waals surface area contributed by atoms with Crippen LogP contribution in [0.4, 0.5) is 40.3 Å². The van der Waals surface area contributed by atoms with Crippen LogP contribution in [0.15, 0.2) is 78.6 Å². The highest BCUT2D eigenvalue weighted by atomic mass is 28.4. The number of alkyl halides is 6. The van der Waals surface area contributed by atoms with Gasteiger partial charge in [0.1, 0.15) is 12.4 Å². The topological polar surface area (TPSA) is 97.4 Å². The predicted octanol–water partition coefficient (Wildman–Crippen LogP) is 10.7. The van der Waals surface area contributed by atoms with Gasteiger partial charge >= 0.3 is 30.4 Å². The van der Waals surface area contributed by atoms with E-state index in [4.69, 9.17) is 13.9 Å². The van der Waals surface area contributed by atoms with Crippen LogP contribution in [0, 0.1) is 12.7 Å². The number of nitrogens with one attached hydrogen (secondary N) is 1. The zero-order chi connectivity index (χ0) is 44.1. The molecule has 1 heterocycles. The second-order valence-electron chi connectivity index (χ2n) is 16.3. The number of alkyl carbamates (subject to hydrolysis) is 1. The molecule has 0 aromatic heterocycles. The number of nitrogens with zero attached hydrogens (tertiary/aromatic N) is 2. The van der Waals surface area contributed by atoms with Crippen molar-refractivity contribution >= 4 is 26.4 Å². The summed E-state index contributed by atoms with van der Waals surface area (Å²) in [4.78, 5) is 43.4. The number of likely N-dealkylation sites (tertiary alicyclic amines) is 1. The van der Waals surface area contributed by atoms with Crippen molar-refractivity contribution in [1.29, 1.82) is 0 Å². The minimum atomic E-state index is -5.09. The maximum Gasteiger partial charge on any atom is 0.416 e. The van der Waals surface area contributed by atoms with E-state index in [-0.39, 0.29) is 49.3 Å². The summed E-state index contributed by atoms with van der Waals surface area (Å²) in [7, 11) is -0.167. The number of esters is 1. The molecule has 17 heteroatoms. The number of carbonyl (C=O) groups excluding carboxylic acids is 3. The van der Waals surface area contributed by atoms with Crippen molar-refractivity contribution < 1.29 is 59.0 Å². The Hall–Kier alpha value is -5.06. The first-order chi connectivity index (χ1) is 27.2. The Morgan fingerprint density at radius 2 is 1.54 bits per heavy atom. The number of piperidine rings is 1. The standard InChI is InChI=1S/C42H50F7N3O6Si/c1-27-20-32(43)14-15-33(27)34-24-40(50-37(54)57-26-28-12-10-9-11-13-28,17-16-35(36(53)56-6)58-59(7,8)39(2,3)4)18-19-52(34)38(55)51(5)25-29-21-30(41(44,45)46)23-31(22-29)42(47,48)49/h9-16,20-23,34H,17-19,24-26H2,1-8H3,(H,50,54)/t34-,40+/m1/s1. The fourth-order valence-corrected chi connectivity index (χ4v) is 7.60. The van der Waals surface area contributed by atoms with Gasteiger partial charge in [0.25, 0.3) is 8.32 Å². The van der Waals surface area contributed by atoms with Gasteiger partial charge in [-0.3, -0.25) is 0 Å². The van der Waals surface area contributed by atoms with Gasteiger partial charge in [0, 0.05) is 20.1 Å². The summed E-state index contributed by atoms with van der Waals surface area (Å²) >= 11 is 0. The number of ether oxygens (including phenoxy) is 2. The number of amides is 3. The summed E-state index contributed by atoms with van der Waals surface area (Å²) in [6, 6.07) is 12.3. The lowest BCUT2D eigenvalue weighted by atomic mass is 9.77. The van der Waals surface area contributed by atoms with Crippen molar-refractivity contribution in [3.05, 3.63) is 118 Å². The van der Waals surface area contributed by atoms with Crippen molar-refractivity contribution in [2.75, 3.05) is 20.7 Å². The van der Waals surface area contributed by atoms with Gasteiger partial charge in [0.2, 0.25) is 0 Å². The fraction of sp³-hybridized carbons (Fsp3) is 0.452. The first-order valence-electron chi connectivity index (χ1n) is 18.8. The van der Waals surface area contributed by atoms with Gasteiger partial charge in [-0.25, -0.2) is 18.8 Å². The number of benzene rings is 3. The average Bonchev–Trinajstić information content (AvgIpc) is 3.14. The van der Waals surface area contributed by atoms with E-state index in [0.717, 1.165) is 4.90 Å². The number of rotatable bonds is 11. The summed E-state index contributed by atoms with van der Waals surface area (Å²) in [6.45, 7) is 10.7. The van der Waals surface area contributed by atoms with E-state index in [1.807, 2.05) is 33.9 Å². The molecule has 0 unspecified atom stereocenters. The molecule has 59 heavy (non-hydrogen) atoms. The van der Waals surface area contributed by atoms with Gasteiger partial charge in [0.15, 0.2) is 5.76 Å². The van der Waals surface area contributed by atoms with Crippen molar-refractivity contribution in [3.63, 3.8) is 0 Å². The molecule has 1 N–H and O–H groups in total. The molecule has 3 amide bonds. The zero-order valence-corrected chi connectivity index (χ0v) is 35.2. The average molecular weight is 854 g/mol. The van der Waals surface area contributed by atoms with Gasteiger partial charge in [-0.15, -0.1) is 0 Å². The summed E-state index contributed by atoms with van der Waals surface area (Å²) in [5, 5.41) is 2.65. The molecular weight excluding hydrogens is 804 g/mol. The largest absolute Gasteiger partial charge is 0.539 e. The highest BCUT2D eigenvalue weighted by Gasteiger charge is 2.46. The van der Waals surface area contributed by atoms with Crippen LogP contribution in [-0.4, -0.2) is 62.5 Å². The van der Waals surface area contributed by atoms with E-state index < -0.39 is 79.4 Å². The van der Waals surface area contributed by atoms with Crippen LogP contribution in [0.5, 0.6) is 0 Å². The number of hydrogen-bond donors (Lipinski definition) is 1. The van der Waals surface area contributed by atoms with Gasteiger partial charge in [0.05, 0.1) is 29.8 Å². The molecule has 0 aliphatic carbocycles. The van der Waals surface area contributed by atoms with Gasteiger partial charge in [-0.2, -0.15) is 26.3 Å². The van der Waals surface area contributed by atoms with Crippen LogP contribution in [0.25, 0.3) is 0 Å². The van der Waals surface area contributed by atoms with Crippen LogP contribution >= 0.6 is 0 Å². The van der Waals surface area contributed by atoms with Crippen molar-refractivity contribution in [3.8, 4) is 0 Å². The summed E-state index contributed by atoms with van der Waals surface area (Å²) in [5.41, 5.74) is -3.11. The number of hydrogen-bond acceptors (Lipinski definition) is 6. The minimum Gasteiger partial charge on any atom is -0.539 e. The lowest BCUT2D eigenvalue weighted by molar-refractivity contribution is -0.143. The van der Waals surface area contributed by atoms with E-state index in [0.29, 0.717) is 28.8 Å². The van der Waals surface area contributed by atoms with Crippen LogP contribution in [-0.2, 0) is 44.2 Å². The van der Waals surface area contributed by atoms with E-state index in [2.05, 4.69) is 5.32 Å². The minimum absolute atomic E-state index is 0.0120. The molecule has 0 saturated carbocycles. The lowest BCUT2D eigenvalue weighted by Crippen LogP contribution is -2.58. The summed E-state index contributed by atoms with van der Waals surface area (Å²) < 4.78 is 114. The molecule has 1 aliphatic heterocycles. The monoisotopic (exact) mass is 853 g/mol. The predicted molar refractivity (Wildman–Crippen MR) is 209 cm³/mol. The number of aryl methyl sites for hydroxylation is 1. The Kier molecular flexibility index (Phi) is 14.3.